The summed E-state index contributed by atoms with van der Waals surface area (Å²) in [6, 6.07) is 0.648. The minimum absolute atomic E-state index is 0.413. The highest BCUT2D eigenvalue weighted by Crippen LogP contribution is 2.15. The Kier molecular flexibility index (Phi) is 8.67. The van der Waals surface area contributed by atoms with Crippen LogP contribution in [0.25, 0.3) is 0 Å². The van der Waals surface area contributed by atoms with Gasteiger partial charge in [-0.15, -0.1) is 0 Å². The van der Waals surface area contributed by atoms with E-state index in [4.69, 9.17) is 4.74 Å². The molecule has 0 saturated carbocycles. The van der Waals surface area contributed by atoms with Crippen molar-refractivity contribution in [1.82, 2.24) is 10.2 Å². The smallest absolute Gasteiger partial charge is 0.0674 e. The zero-order chi connectivity index (χ0) is 14.1. The Balaban J connectivity index is 2.04. The fourth-order valence-electron chi connectivity index (χ4n) is 2.70. The van der Waals surface area contributed by atoms with Gasteiger partial charge in [-0.25, -0.2) is 0 Å². The second-order valence-electron chi connectivity index (χ2n) is 6.36. The minimum Gasteiger partial charge on any atom is -0.376 e. The van der Waals surface area contributed by atoms with Crippen molar-refractivity contribution in [2.75, 3.05) is 32.8 Å². The van der Waals surface area contributed by atoms with E-state index in [1.54, 1.807) is 0 Å². The van der Waals surface area contributed by atoms with Gasteiger partial charge in [-0.3, -0.25) is 4.90 Å². The van der Waals surface area contributed by atoms with Gasteiger partial charge in [-0.05, 0) is 51.7 Å². The summed E-state index contributed by atoms with van der Waals surface area (Å²) >= 11 is 0. The number of nitrogens with zero attached hydrogens (tertiary/aromatic N) is 1. The number of hydrogen-bond donors (Lipinski definition) is 1. The van der Waals surface area contributed by atoms with Crippen LogP contribution in [0.4, 0.5) is 0 Å². The highest BCUT2D eigenvalue weighted by atomic mass is 16.5. The molecule has 2 atom stereocenters. The summed E-state index contributed by atoms with van der Waals surface area (Å²) in [7, 11) is 0. The van der Waals surface area contributed by atoms with Gasteiger partial charge in [0.2, 0.25) is 0 Å². The van der Waals surface area contributed by atoms with Crippen LogP contribution < -0.4 is 5.32 Å². The van der Waals surface area contributed by atoms with E-state index in [1.807, 2.05) is 0 Å². The summed E-state index contributed by atoms with van der Waals surface area (Å²) in [4.78, 5) is 2.63. The highest BCUT2D eigenvalue weighted by Gasteiger charge is 2.24. The first-order valence-corrected chi connectivity index (χ1v) is 8.19. The molecule has 1 N–H and O–H groups in total. The number of unbranched alkanes of at least 4 members (excludes halogenated alkanes) is 2. The molecule has 1 fully saturated rings. The van der Waals surface area contributed by atoms with E-state index < -0.39 is 0 Å². The monoisotopic (exact) mass is 270 g/mol. The van der Waals surface area contributed by atoms with Gasteiger partial charge in [0.15, 0.2) is 0 Å². The molecule has 0 aromatic carbocycles. The van der Waals surface area contributed by atoms with Crippen LogP contribution in [0, 0.1) is 5.92 Å². The fourth-order valence-corrected chi connectivity index (χ4v) is 2.70. The first kappa shape index (κ1) is 16.9. The van der Waals surface area contributed by atoms with E-state index in [9.17, 15) is 0 Å². The van der Waals surface area contributed by atoms with Crippen LogP contribution >= 0.6 is 0 Å². The van der Waals surface area contributed by atoms with Crippen LogP contribution in [0.1, 0.15) is 53.4 Å². The summed E-state index contributed by atoms with van der Waals surface area (Å²) in [6.45, 7) is 14.6. The van der Waals surface area contributed by atoms with Crippen LogP contribution in [0.5, 0.6) is 0 Å². The molecular weight excluding hydrogens is 236 g/mol. The third-order valence-electron chi connectivity index (χ3n) is 3.90. The number of ether oxygens (including phenoxy) is 1. The average molecular weight is 270 g/mol. The van der Waals surface area contributed by atoms with Crippen molar-refractivity contribution in [2.24, 2.45) is 5.92 Å². The SMILES string of the molecule is CCC1COC(C)CN1CCCCCNCC(C)C. The lowest BCUT2D eigenvalue weighted by molar-refractivity contribution is -0.0561. The van der Waals surface area contributed by atoms with Gasteiger partial charge in [-0.2, -0.15) is 0 Å². The molecule has 0 aliphatic carbocycles. The Labute approximate surface area is 120 Å². The summed E-state index contributed by atoms with van der Waals surface area (Å²) in [5, 5.41) is 3.52. The van der Waals surface area contributed by atoms with E-state index in [2.05, 4.69) is 37.9 Å². The molecular formula is C16H34N2O. The van der Waals surface area contributed by atoms with Gasteiger partial charge in [0.05, 0.1) is 12.7 Å². The molecule has 0 radical (unpaired) electrons. The number of nitrogens with one attached hydrogen (secondary N) is 1. The van der Waals surface area contributed by atoms with Crippen LogP contribution in [-0.2, 0) is 4.74 Å². The summed E-state index contributed by atoms with van der Waals surface area (Å²) in [6.07, 6.45) is 5.60. The van der Waals surface area contributed by atoms with Crippen molar-refractivity contribution in [3.05, 3.63) is 0 Å². The number of morpholine rings is 1. The maximum absolute atomic E-state index is 5.74. The molecule has 0 bridgehead atoms. The maximum Gasteiger partial charge on any atom is 0.0674 e. The molecule has 1 heterocycles. The predicted molar refractivity (Wildman–Crippen MR) is 82.6 cm³/mol. The molecule has 1 aliphatic heterocycles. The molecule has 1 rings (SSSR count). The Hall–Kier alpha value is -0.120. The predicted octanol–water partition coefficient (Wildman–Crippen LogP) is 2.90. The van der Waals surface area contributed by atoms with Crippen LogP contribution in [0.3, 0.4) is 0 Å². The quantitative estimate of drug-likeness (QED) is 0.652. The number of hydrogen-bond acceptors (Lipinski definition) is 3. The molecule has 0 spiro atoms. The van der Waals surface area contributed by atoms with E-state index in [0.717, 1.165) is 25.6 Å². The van der Waals surface area contributed by atoms with Gasteiger partial charge in [0.25, 0.3) is 0 Å². The molecule has 114 valence electrons. The standard InChI is InChI=1S/C16H34N2O/c1-5-16-13-19-15(4)12-18(16)10-8-6-7-9-17-11-14(2)3/h14-17H,5-13H2,1-4H3. The first-order chi connectivity index (χ1) is 9.13. The second kappa shape index (κ2) is 9.73. The Morgan fingerprint density at radius 1 is 1.26 bits per heavy atom. The van der Waals surface area contributed by atoms with E-state index in [1.165, 1.54) is 38.8 Å². The topological polar surface area (TPSA) is 24.5 Å². The molecule has 0 aromatic heterocycles. The molecule has 3 nitrogen and oxygen atoms in total. The van der Waals surface area contributed by atoms with Crippen LogP contribution in [-0.4, -0.2) is 49.8 Å². The maximum atomic E-state index is 5.74. The van der Waals surface area contributed by atoms with Gasteiger partial charge in [-0.1, -0.05) is 27.2 Å². The number of rotatable bonds is 9. The molecule has 0 amide bonds. The Bertz CT molecular complexity index is 221. The van der Waals surface area contributed by atoms with Crippen molar-refractivity contribution in [3.63, 3.8) is 0 Å². The minimum atomic E-state index is 0.413. The van der Waals surface area contributed by atoms with Gasteiger partial charge in [0, 0.05) is 12.6 Å². The molecule has 19 heavy (non-hydrogen) atoms. The van der Waals surface area contributed by atoms with Gasteiger partial charge >= 0.3 is 0 Å². The summed E-state index contributed by atoms with van der Waals surface area (Å²) in [5.41, 5.74) is 0. The largest absolute Gasteiger partial charge is 0.376 e. The Morgan fingerprint density at radius 2 is 2.05 bits per heavy atom. The van der Waals surface area contributed by atoms with E-state index in [0.29, 0.717) is 12.1 Å². The van der Waals surface area contributed by atoms with Crippen molar-refractivity contribution in [2.45, 2.75) is 65.5 Å². The van der Waals surface area contributed by atoms with Crippen molar-refractivity contribution < 1.29 is 4.74 Å². The lowest BCUT2D eigenvalue weighted by Gasteiger charge is -2.38. The average Bonchev–Trinajstić information content (AvgIpc) is 2.37. The molecule has 1 aliphatic rings. The normalized spacial score (nSPS) is 25.1. The highest BCUT2D eigenvalue weighted by molar-refractivity contribution is 4.77. The van der Waals surface area contributed by atoms with Gasteiger partial charge < -0.3 is 10.1 Å². The molecule has 1 saturated heterocycles. The van der Waals surface area contributed by atoms with Gasteiger partial charge in [0.1, 0.15) is 0 Å². The van der Waals surface area contributed by atoms with E-state index in [-0.39, 0.29) is 0 Å². The molecule has 0 aromatic rings. The summed E-state index contributed by atoms with van der Waals surface area (Å²) in [5.74, 6) is 0.764. The van der Waals surface area contributed by atoms with Crippen molar-refractivity contribution in [1.29, 1.82) is 0 Å². The second-order valence-corrected chi connectivity index (χ2v) is 6.36. The van der Waals surface area contributed by atoms with Crippen LogP contribution in [0.15, 0.2) is 0 Å². The Morgan fingerprint density at radius 3 is 2.74 bits per heavy atom. The third kappa shape index (κ3) is 7.28. The zero-order valence-electron chi connectivity index (χ0n) is 13.5. The zero-order valence-corrected chi connectivity index (χ0v) is 13.5. The molecule has 3 heteroatoms. The van der Waals surface area contributed by atoms with Crippen LogP contribution in [0.2, 0.25) is 0 Å². The van der Waals surface area contributed by atoms with Crippen molar-refractivity contribution in [3.8, 4) is 0 Å². The van der Waals surface area contributed by atoms with Crippen molar-refractivity contribution >= 4 is 0 Å². The third-order valence-corrected chi connectivity index (χ3v) is 3.90. The lowest BCUT2D eigenvalue weighted by atomic mass is 10.1. The summed E-state index contributed by atoms with van der Waals surface area (Å²) < 4.78 is 5.74. The molecule has 2 unspecified atom stereocenters. The first-order valence-electron chi connectivity index (χ1n) is 8.19. The van der Waals surface area contributed by atoms with E-state index >= 15 is 0 Å². The fraction of sp³-hybridized carbons (Fsp3) is 1.00. The lowest BCUT2D eigenvalue weighted by Crippen LogP contribution is -2.48.